The quantitative estimate of drug-likeness (QED) is 0.201. The fraction of sp³-hybridized carbons (Fsp3) is 0.447. The normalized spacial score (nSPS) is 20.1. The van der Waals surface area contributed by atoms with Gasteiger partial charge in [0.15, 0.2) is 5.78 Å². The number of Topliss-reactive ketones (excluding diaryl/α,β-unsaturated/α-hetero) is 1. The van der Waals surface area contributed by atoms with Crippen molar-refractivity contribution in [3.63, 3.8) is 0 Å². The average Bonchev–Trinajstić information content (AvgIpc) is 3.80. The first-order valence-electron chi connectivity index (χ1n) is 18.1. The zero-order valence-corrected chi connectivity index (χ0v) is 29.5. The highest BCUT2D eigenvalue weighted by Crippen LogP contribution is 2.33. The van der Waals surface area contributed by atoms with Gasteiger partial charge in [0.05, 0.1) is 23.5 Å². The van der Waals surface area contributed by atoms with Crippen molar-refractivity contribution in [3.05, 3.63) is 80.6 Å². The van der Waals surface area contributed by atoms with Crippen molar-refractivity contribution in [2.45, 2.75) is 84.1 Å². The van der Waals surface area contributed by atoms with E-state index in [1.807, 2.05) is 23.2 Å². The van der Waals surface area contributed by atoms with E-state index in [-0.39, 0.29) is 40.6 Å². The molecule has 2 saturated heterocycles. The first-order chi connectivity index (χ1) is 25.1. The highest BCUT2D eigenvalue weighted by Gasteiger charge is 2.36. The number of nitrogens with one attached hydrogen (secondary N) is 2. The van der Waals surface area contributed by atoms with Crippen molar-refractivity contribution in [1.82, 2.24) is 34.6 Å². The lowest BCUT2D eigenvalue weighted by atomic mass is 10.0. The van der Waals surface area contributed by atoms with Crippen LogP contribution in [0, 0.1) is 12.7 Å². The minimum Gasteiger partial charge on any atom is -0.368 e. The molecule has 2 N–H and O–H groups in total. The smallest absolute Gasteiger partial charge is 0.263 e. The molecule has 270 valence electrons. The molecular weight excluding hydrogens is 665 g/mol. The molecule has 14 heteroatoms. The molecule has 0 bridgehead atoms. The Morgan fingerprint density at radius 2 is 1.79 bits per heavy atom. The number of nitrogens with zero attached hydrogens (tertiary/aromatic N) is 7. The van der Waals surface area contributed by atoms with E-state index in [4.69, 9.17) is 4.98 Å². The Bertz CT molecular complexity index is 2140. The molecular formula is C38H42FN9O4. The number of rotatable bonds is 8. The number of piperidine rings is 1. The van der Waals surface area contributed by atoms with Gasteiger partial charge in [-0.15, -0.1) is 0 Å². The largest absolute Gasteiger partial charge is 0.368 e. The zero-order chi connectivity index (χ0) is 36.1. The summed E-state index contributed by atoms with van der Waals surface area (Å²) in [6, 6.07) is 7.16. The highest BCUT2D eigenvalue weighted by atomic mass is 19.1. The maximum absolute atomic E-state index is 15.2. The van der Waals surface area contributed by atoms with Gasteiger partial charge in [-0.2, -0.15) is 4.98 Å². The van der Waals surface area contributed by atoms with Gasteiger partial charge < -0.3 is 10.2 Å². The van der Waals surface area contributed by atoms with Crippen LogP contribution in [0.25, 0.3) is 11.0 Å². The number of piperazine rings is 1. The molecule has 0 spiro atoms. The van der Waals surface area contributed by atoms with Crippen molar-refractivity contribution in [2.75, 3.05) is 36.4 Å². The molecule has 1 unspecified atom stereocenters. The summed E-state index contributed by atoms with van der Waals surface area (Å²) in [4.78, 5) is 70.4. The molecule has 2 amide bonds. The number of ketones is 1. The highest BCUT2D eigenvalue weighted by molar-refractivity contribution is 6.00. The maximum Gasteiger partial charge on any atom is 0.263 e. The molecule has 6 heterocycles. The van der Waals surface area contributed by atoms with Crippen LogP contribution >= 0.6 is 0 Å². The van der Waals surface area contributed by atoms with Crippen LogP contribution in [0.3, 0.4) is 0 Å². The summed E-state index contributed by atoms with van der Waals surface area (Å²) in [7, 11) is 0. The van der Waals surface area contributed by atoms with Gasteiger partial charge in [-0.3, -0.25) is 38.9 Å². The van der Waals surface area contributed by atoms with Gasteiger partial charge in [0.25, 0.3) is 5.56 Å². The van der Waals surface area contributed by atoms with Crippen LogP contribution < -0.4 is 21.1 Å². The lowest BCUT2D eigenvalue weighted by molar-refractivity contribution is -0.137. The topological polar surface area (TPSA) is 146 Å². The standard InChI is InChI=1S/C38H42FN9O4/c1-22-28-18-41-38(44-35(28)48(26-5-3-4-6-26)37(52)34(22)23(2)49)42-32-9-7-27(17-40-32)46-13-11-45(12-14-46)19-24-15-25-20-47(21-29(25)30(39)16-24)31-8-10-33(50)43-36(31)51/h7,9,15-18,26,31H,3-6,8,10-14,19-21H2,1-2H3,(H,43,50,51)(H,40,41,42,44). The van der Waals surface area contributed by atoms with Crippen LogP contribution in [0.15, 0.2) is 41.5 Å². The van der Waals surface area contributed by atoms with E-state index in [1.165, 1.54) is 6.92 Å². The number of benzene rings is 1. The second kappa shape index (κ2) is 13.8. The second-order valence-electron chi connectivity index (χ2n) is 14.5. The van der Waals surface area contributed by atoms with E-state index in [0.717, 1.165) is 68.7 Å². The summed E-state index contributed by atoms with van der Waals surface area (Å²) in [5, 5.41) is 6.30. The van der Waals surface area contributed by atoms with Crippen molar-refractivity contribution in [1.29, 1.82) is 0 Å². The number of amides is 2. The Morgan fingerprint density at radius 3 is 2.50 bits per heavy atom. The summed E-state index contributed by atoms with van der Waals surface area (Å²) >= 11 is 0. The number of anilines is 3. The SMILES string of the molecule is CC(=O)c1c(C)c2cnc(Nc3ccc(N4CCN(Cc5cc(F)c6c(c5)CN(C5CCC(=O)NC5=O)C6)CC4)cn3)nc2n(C2CCCC2)c1=O. The maximum atomic E-state index is 15.2. The predicted octanol–water partition coefficient (Wildman–Crippen LogP) is 4.14. The number of halogens is 1. The van der Waals surface area contributed by atoms with Gasteiger partial charge in [0.2, 0.25) is 17.8 Å². The molecule has 1 atom stereocenters. The van der Waals surface area contributed by atoms with Gasteiger partial charge >= 0.3 is 0 Å². The van der Waals surface area contributed by atoms with Crippen LogP contribution in [0.5, 0.6) is 0 Å². The monoisotopic (exact) mass is 707 g/mol. The lowest BCUT2D eigenvalue weighted by Gasteiger charge is -2.36. The van der Waals surface area contributed by atoms with Crippen LogP contribution in [-0.2, 0) is 29.2 Å². The average molecular weight is 708 g/mol. The Balaban J connectivity index is 0.901. The molecule has 1 saturated carbocycles. The molecule has 1 aliphatic carbocycles. The molecule has 4 aliphatic rings. The predicted molar refractivity (Wildman–Crippen MR) is 193 cm³/mol. The van der Waals surface area contributed by atoms with Gasteiger partial charge in [0.1, 0.15) is 17.3 Å². The van der Waals surface area contributed by atoms with E-state index >= 15 is 4.39 Å². The third-order valence-electron chi connectivity index (χ3n) is 11.1. The summed E-state index contributed by atoms with van der Waals surface area (Å²) in [6.45, 7) is 7.90. The van der Waals surface area contributed by atoms with Crippen molar-refractivity contribution < 1.29 is 18.8 Å². The number of pyridine rings is 2. The molecule has 4 aromatic rings. The molecule has 0 radical (unpaired) electrons. The van der Waals surface area contributed by atoms with Crippen LogP contribution in [0.2, 0.25) is 0 Å². The fourth-order valence-corrected chi connectivity index (χ4v) is 8.39. The summed E-state index contributed by atoms with van der Waals surface area (Å²) in [5.41, 5.74) is 4.51. The van der Waals surface area contributed by atoms with Crippen LogP contribution in [-0.4, -0.2) is 79.1 Å². The Kier molecular flexibility index (Phi) is 9.04. The number of fused-ring (bicyclic) bond motifs is 2. The fourth-order valence-electron chi connectivity index (χ4n) is 8.39. The summed E-state index contributed by atoms with van der Waals surface area (Å²) in [6.07, 6.45) is 8.08. The molecule has 3 aromatic heterocycles. The molecule has 13 nitrogen and oxygen atoms in total. The Morgan fingerprint density at radius 1 is 1.00 bits per heavy atom. The molecule has 3 aliphatic heterocycles. The van der Waals surface area contributed by atoms with E-state index < -0.39 is 6.04 Å². The molecule has 8 rings (SSSR count). The van der Waals surface area contributed by atoms with E-state index in [9.17, 15) is 19.2 Å². The van der Waals surface area contributed by atoms with Gasteiger partial charge in [0, 0.05) is 75.4 Å². The lowest BCUT2D eigenvalue weighted by Crippen LogP contribution is -2.50. The number of hydrogen-bond donors (Lipinski definition) is 2. The molecule has 3 fully saturated rings. The second-order valence-corrected chi connectivity index (χ2v) is 14.5. The Labute approximate surface area is 300 Å². The van der Waals surface area contributed by atoms with E-state index in [2.05, 4.69) is 36.5 Å². The number of imide groups is 1. The third kappa shape index (κ3) is 6.45. The number of carbonyl (C=O) groups is 3. The van der Waals surface area contributed by atoms with E-state index in [0.29, 0.717) is 66.4 Å². The number of aromatic nitrogens is 4. The van der Waals surface area contributed by atoms with Gasteiger partial charge in [-0.1, -0.05) is 18.9 Å². The zero-order valence-electron chi connectivity index (χ0n) is 29.5. The van der Waals surface area contributed by atoms with Gasteiger partial charge in [-0.05, 0) is 68.0 Å². The minimum atomic E-state index is -0.415. The van der Waals surface area contributed by atoms with Crippen molar-refractivity contribution in [2.24, 2.45) is 0 Å². The number of aryl methyl sites for hydroxylation is 1. The minimum absolute atomic E-state index is 0.00159. The first kappa shape index (κ1) is 34.0. The molecule has 52 heavy (non-hydrogen) atoms. The van der Waals surface area contributed by atoms with Crippen LogP contribution in [0.1, 0.15) is 84.1 Å². The Hall–Kier alpha value is -5.08. The summed E-state index contributed by atoms with van der Waals surface area (Å²) in [5.74, 6) is -0.137. The number of hydrogen-bond acceptors (Lipinski definition) is 11. The van der Waals surface area contributed by atoms with E-state index in [1.54, 1.807) is 23.8 Å². The molecule has 1 aromatic carbocycles. The first-order valence-corrected chi connectivity index (χ1v) is 18.1. The van der Waals surface area contributed by atoms with Crippen molar-refractivity contribution in [3.8, 4) is 0 Å². The summed E-state index contributed by atoms with van der Waals surface area (Å²) < 4.78 is 16.9. The third-order valence-corrected chi connectivity index (χ3v) is 11.1. The van der Waals surface area contributed by atoms with Crippen LogP contribution in [0.4, 0.5) is 21.8 Å². The van der Waals surface area contributed by atoms with Crippen molar-refractivity contribution >= 4 is 46.1 Å². The number of carbonyl (C=O) groups excluding carboxylic acids is 3. The van der Waals surface area contributed by atoms with Gasteiger partial charge in [-0.25, -0.2) is 14.4 Å².